The highest BCUT2D eigenvalue weighted by atomic mass is 16.5. The molecule has 0 aromatic carbocycles. The lowest BCUT2D eigenvalue weighted by Gasteiger charge is -2.28. The lowest BCUT2D eigenvalue weighted by Crippen LogP contribution is -2.42. The summed E-state index contributed by atoms with van der Waals surface area (Å²) in [7, 11) is 1.75. The number of ether oxygens (including phenoxy) is 1. The van der Waals surface area contributed by atoms with Crippen LogP contribution in [0.15, 0.2) is 18.7 Å². The van der Waals surface area contributed by atoms with E-state index in [1.807, 2.05) is 15.7 Å². The molecule has 2 aliphatic rings. The molecule has 0 saturated carbocycles. The third kappa shape index (κ3) is 3.67. The van der Waals surface area contributed by atoms with Gasteiger partial charge in [-0.05, 0) is 32.4 Å². The van der Waals surface area contributed by atoms with Gasteiger partial charge in [0, 0.05) is 51.6 Å². The van der Waals surface area contributed by atoms with Crippen molar-refractivity contribution < 1.29 is 9.53 Å². The van der Waals surface area contributed by atoms with Crippen molar-refractivity contribution in [1.29, 1.82) is 0 Å². The number of methoxy groups -OCH3 is 1. The molecule has 6 heteroatoms. The first-order valence-corrected chi connectivity index (χ1v) is 8.26. The first kappa shape index (κ1) is 15.5. The number of imidazole rings is 1. The molecular weight excluding hydrogens is 280 g/mol. The molecule has 1 amide bonds. The van der Waals surface area contributed by atoms with Crippen LogP contribution in [0, 0.1) is 0 Å². The van der Waals surface area contributed by atoms with Gasteiger partial charge in [0.15, 0.2) is 0 Å². The standard InChI is InChI=1S/C16H26N4O2/c1-22-15-10-14(11-18-6-2-3-7-18)20(12-15)16(21)4-8-19-9-5-17-13-19/h5,9,13-15H,2-4,6-8,10-12H2,1H3/t14-,15-/m0/s1. The smallest absolute Gasteiger partial charge is 0.224 e. The highest BCUT2D eigenvalue weighted by Gasteiger charge is 2.36. The largest absolute Gasteiger partial charge is 0.380 e. The Labute approximate surface area is 132 Å². The molecule has 0 unspecified atom stereocenters. The van der Waals surface area contributed by atoms with Gasteiger partial charge in [-0.1, -0.05) is 0 Å². The molecule has 1 aromatic rings. The number of nitrogens with zero attached hydrogens (tertiary/aromatic N) is 4. The Hall–Kier alpha value is -1.40. The summed E-state index contributed by atoms with van der Waals surface area (Å²) < 4.78 is 7.46. The molecule has 0 spiro atoms. The molecule has 0 bridgehead atoms. The minimum atomic E-state index is 0.185. The summed E-state index contributed by atoms with van der Waals surface area (Å²) >= 11 is 0. The molecule has 2 atom stereocenters. The molecule has 2 aliphatic heterocycles. The Bertz CT molecular complexity index is 471. The van der Waals surface area contributed by atoms with Crippen LogP contribution in [-0.4, -0.2) is 70.7 Å². The van der Waals surface area contributed by atoms with Gasteiger partial charge in [-0.3, -0.25) is 4.79 Å². The Morgan fingerprint density at radius 1 is 1.36 bits per heavy atom. The minimum Gasteiger partial charge on any atom is -0.380 e. The molecule has 3 heterocycles. The molecule has 0 aliphatic carbocycles. The normalized spacial score (nSPS) is 26.0. The van der Waals surface area contributed by atoms with E-state index >= 15 is 0 Å². The summed E-state index contributed by atoms with van der Waals surface area (Å²) in [6, 6.07) is 0.304. The topological polar surface area (TPSA) is 50.6 Å². The fraction of sp³-hybridized carbons (Fsp3) is 0.750. The first-order chi connectivity index (χ1) is 10.8. The first-order valence-electron chi connectivity index (χ1n) is 8.26. The van der Waals surface area contributed by atoms with Gasteiger partial charge in [0.05, 0.1) is 12.4 Å². The van der Waals surface area contributed by atoms with Crippen LogP contribution in [0.4, 0.5) is 0 Å². The van der Waals surface area contributed by atoms with E-state index in [1.165, 1.54) is 25.9 Å². The molecule has 22 heavy (non-hydrogen) atoms. The van der Waals surface area contributed by atoms with E-state index in [9.17, 15) is 4.79 Å². The van der Waals surface area contributed by atoms with Gasteiger partial charge < -0.3 is 19.1 Å². The predicted molar refractivity (Wildman–Crippen MR) is 83.4 cm³/mol. The molecule has 6 nitrogen and oxygen atoms in total. The zero-order chi connectivity index (χ0) is 15.4. The number of hydrogen-bond acceptors (Lipinski definition) is 4. The van der Waals surface area contributed by atoms with Crippen molar-refractivity contribution in [3.05, 3.63) is 18.7 Å². The van der Waals surface area contributed by atoms with Gasteiger partial charge in [-0.25, -0.2) is 4.98 Å². The molecule has 3 rings (SSSR count). The van der Waals surface area contributed by atoms with E-state index in [0.29, 0.717) is 19.0 Å². The van der Waals surface area contributed by atoms with Gasteiger partial charge in [-0.2, -0.15) is 0 Å². The molecule has 1 aromatic heterocycles. The average molecular weight is 306 g/mol. The number of amides is 1. The number of hydrogen-bond donors (Lipinski definition) is 0. The zero-order valence-corrected chi connectivity index (χ0v) is 13.4. The summed E-state index contributed by atoms with van der Waals surface area (Å²) in [6.45, 7) is 4.77. The highest BCUT2D eigenvalue weighted by Crippen LogP contribution is 2.23. The maximum atomic E-state index is 12.6. The van der Waals surface area contributed by atoms with Crippen LogP contribution in [0.3, 0.4) is 0 Å². The molecule has 2 saturated heterocycles. The zero-order valence-electron chi connectivity index (χ0n) is 13.4. The summed E-state index contributed by atoms with van der Waals surface area (Å²) in [5.41, 5.74) is 0. The van der Waals surface area contributed by atoms with Crippen molar-refractivity contribution in [2.75, 3.05) is 33.3 Å². The SMILES string of the molecule is CO[C@H]1C[C@@H](CN2CCCC2)N(C(=O)CCn2ccnc2)C1. The van der Waals surface area contributed by atoms with Crippen LogP contribution >= 0.6 is 0 Å². The van der Waals surface area contributed by atoms with Crippen molar-refractivity contribution in [2.45, 2.75) is 44.4 Å². The molecule has 122 valence electrons. The maximum Gasteiger partial charge on any atom is 0.224 e. The van der Waals surface area contributed by atoms with Crippen LogP contribution in [0.25, 0.3) is 0 Å². The van der Waals surface area contributed by atoms with E-state index in [1.54, 1.807) is 19.6 Å². The summed E-state index contributed by atoms with van der Waals surface area (Å²) in [6.07, 6.45) is 9.66. The number of likely N-dealkylation sites (tertiary alicyclic amines) is 2. The van der Waals surface area contributed by atoms with Crippen LogP contribution in [0.5, 0.6) is 0 Å². The predicted octanol–water partition coefficient (Wildman–Crippen LogP) is 0.985. The van der Waals surface area contributed by atoms with Crippen molar-refractivity contribution >= 4 is 5.91 Å². The highest BCUT2D eigenvalue weighted by molar-refractivity contribution is 5.77. The Morgan fingerprint density at radius 3 is 2.86 bits per heavy atom. The van der Waals surface area contributed by atoms with E-state index in [0.717, 1.165) is 19.5 Å². The van der Waals surface area contributed by atoms with E-state index < -0.39 is 0 Å². The molecule has 2 fully saturated rings. The van der Waals surface area contributed by atoms with Gasteiger partial charge in [0.25, 0.3) is 0 Å². The lowest BCUT2D eigenvalue weighted by molar-refractivity contribution is -0.132. The quantitative estimate of drug-likeness (QED) is 0.786. The number of aromatic nitrogens is 2. The monoisotopic (exact) mass is 306 g/mol. The van der Waals surface area contributed by atoms with Crippen LogP contribution in [0.1, 0.15) is 25.7 Å². The lowest BCUT2D eigenvalue weighted by atomic mass is 10.2. The van der Waals surface area contributed by atoms with Crippen molar-refractivity contribution in [3.63, 3.8) is 0 Å². The summed E-state index contributed by atoms with van der Waals surface area (Å²) in [5.74, 6) is 0.234. The van der Waals surface area contributed by atoms with Crippen molar-refractivity contribution in [3.8, 4) is 0 Å². The molecule has 0 radical (unpaired) electrons. The van der Waals surface area contributed by atoms with E-state index in [-0.39, 0.29) is 12.0 Å². The number of aryl methyl sites for hydroxylation is 1. The third-order valence-electron chi connectivity index (χ3n) is 4.84. The van der Waals surface area contributed by atoms with Gasteiger partial charge in [0.2, 0.25) is 5.91 Å². The fourth-order valence-electron chi connectivity index (χ4n) is 3.57. The van der Waals surface area contributed by atoms with Crippen LogP contribution < -0.4 is 0 Å². The van der Waals surface area contributed by atoms with Crippen molar-refractivity contribution in [2.24, 2.45) is 0 Å². The third-order valence-corrected chi connectivity index (χ3v) is 4.84. The second-order valence-electron chi connectivity index (χ2n) is 6.35. The molecular formula is C16H26N4O2. The Kier molecular flexibility index (Phi) is 5.10. The number of carbonyl (C=O) groups is 1. The fourth-order valence-corrected chi connectivity index (χ4v) is 3.57. The van der Waals surface area contributed by atoms with Gasteiger partial charge in [0.1, 0.15) is 0 Å². The Morgan fingerprint density at radius 2 is 2.18 bits per heavy atom. The van der Waals surface area contributed by atoms with Crippen LogP contribution in [-0.2, 0) is 16.1 Å². The number of carbonyl (C=O) groups excluding carboxylic acids is 1. The maximum absolute atomic E-state index is 12.6. The van der Waals surface area contributed by atoms with Gasteiger partial charge in [-0.15, -0.1) is 0 Å². The van der Waals surface area contributed by atoms with E-state index in [2.05, 4.69) is 9.88 Å². The molecule has 0 N–H and O–H groups in total. The van der Waals surface area contributed by atoms with Gasteiger partial charge >= 0.3 is 0 Å². The minimum absolute atomic E-state index is 0.185. The summed E-state index contributed by atoms with van der Waals surface area (Å²) in [4.78, 5) is 21.2. The second kappa shape index (κ2) is 7.24. The Balaban J connectivity index is 1.56. The van der Waals surface area contributed by atoms with E-state index in [4.69, 9.17) is 4.74 Å². The second-order valence-corrected chi connectivity index (χ2v) is 6.35. The van der Waals surface area contributed by atoms with Crippen LogP contribution in [0.2, 0.25) is 0 Å². The average Bonchev–Trinajstić information content (AvgIpc) is 3.27. The van der Waals surface area contributed by atoms with Crippen molar-refractivity contribution in [1.82, 2.24) is 19.4 Å². The summed E-state index contributed by atoms with van der Waals surface area (Å²) in [5, 5.41) is 0. The number of rotatable bonds is 6.